The number of benzene rings is 2. The van der Waals surface area contributed by atoms with Crippen LogP contribution in [-0.2, 0) is 10.3 Å². The number of carbonyl (C=O) groups is 2. The minimum absolute atomic E-state index is 0.219. The predicted molar refractivity (Wildman–Crippen MR) is 105 cm³/mol. The fourth-order valence-corrected chi connectivity index (χ4v) is 3.25. The number of hydrogen-bond donors (Lipinski definition) is 1. The molecule has 3 rings (SSSR count). The van der Waals surface area contributed by atoms with Crippen LogP contribution in [-0.4, -0.2) is 30.0 Å². The van der Waals surface area contributed by atoms with E-state index < -0.39 is 5.54 Å². The first-order chi connectivity index (χ1) is 12.8. The average molecular weight is 366 g/mol. The molecule has 142 valence electrons. The van der Waals surface area contributed by atoms with E-state index in [1.54, 1.807) is 6.92 Å². The Hall–Kier alpha value is -2.82. The second-order valence-corrected chi connectivity index (χ2v) is 7.35. The number of nitrogens with one attached hydrogen (secondary N) is 1. The van der Waals surface area contributed by atoms with E-state index in [0.29, 0.717) is 19.6 Å². The molecule has 0 radical (unpaired) electrons. The quantitative estimate of drug-likeness (QED) is 0.624. The van der Waals surface area contributed by atoms with Crippen molar-refractivity contribution in [2.24, 2.45) is 0 Å². The molecule has 0 spiro atoms. The summed E-state index contributed by atoms with van der Waals surface area (Å²) in [5, 5.41) is 2.84. The third-order valence-electron chi connectivity index (χ3n) is 5.03. The standard InChI is InChI=1S/C22H26N2O3/c1-15-7-10-18(11-8-15)22(4)20(25)24(21(26)23-22)12-5-13-27-19-14-16(2)6-9-17(19)3/h6-11,14H,5,12-13H2,1-4H3,(H,23,26)/t22-/m0/s1. The highest BCUT2D eigenvalue weighted by Crippen LogP contribution is 2.29. The van der Waals surface area contributed by atoms with Crippen LogP contribution in [0.25, 0.3) is 0 Å². The molecule has 1 N–H and O–H groups in total. The molecule has 1 fully saturated rings. The molecule has 5 heteroatoms. The molecular formula is C22H26N2O3. The molecule has 1 aliphatic heterocycles. The zero-order chi connectivity index (χ0) is 19.6. The van der Waals surface area contributed by atoms with E-state index in [4.69, 9.17) is 4.74 Å². The minimum atomic E-state index is -1.02. The number of amides is 3. The number of urea groups is 1. The van der Waals surface area contributed by atoms with Gasteiger partial charge in [0.2, 0.25) is 0 Å². The summed E-state index contributed by atoms with van der Waals surface area (Å²) in [4.78, 5) is 26.5. The summed E-state index contributed by atoms with van der Waals surface area (Å²) in [5.41, 5.74) is 3.10. The summed E-state index contributed by atoms with van der Waals surface area (Å²) in [6.45, 7) is 8.54. The molecule has 0 aliphatic carbocycles. The largest absolute Gasteiger partial charge is 0.493 e. The zero-order valence-corrected chi connectivity index (χ0v) is 16.3. The van der Waals surface area contributed by atoms with Crippen LogP contribution < -0.4 is 10.1 Å². The molecule has 0 bridgehead atoms. The van der Waals surface area contributed by atoms with Crippen molar-refractivity contribution < 1.29 is 14.3 Å². The Labute approximate surface area is 160 Å². The monoisotopic (exact) mass is 366 g/mol. The van der Waals surface area contributed by atoms with Gasteiger partial charge in [-0.2, -0.15) is 0 Å². The van der Waals surface area contributed by atoms with Gasteiger partial charge in [-0.3, -0.25) is 9.69 Å². The molecule has 2 aromatic carbocycles. The number of aryl methyl sites for hydroxylation is 3. The fraction of sp³-hybridized carbons (Fsp3) is 0.364. The molecule has 1 heterocycles. The van der Waals surface area contributed by atoms with Gasteiger partial charge >= 0.3 is 6.03 Å². The molecule has 27 heavy (non-hydrogen) atoms. The maximum atomic E-state index is 12.9. The smallest absolute Gasteiger partial charge is 0.325 e. The second-order valence-electron chi connectivity index (χ2n) is 7.35. The summed E-state index contributed by atoms with van der Waals surface area (Å²) in [6.07, 6.45) is 0.580. The first-order valence-electron chi connectivity index (χ1n) is 9.22. The van der Waals surface area contributed by atoms with Crippen LogP contribution >= 0.6 is 0 Å². The Morgan fingerprint density at radius 2 is 1.67 bits per heavy atom. The van der Waals surface area contributed by atoms with Gasteiger partial charge in [-0.1, -0.05) is 42.0 Å². The van der Waals surface area contributed by atoms with Crippen LogP contribution in [0.1, 0.15) is 35.6 Å². The Bertz CT molecular complexity index is 860. The summed E-state index contributed by atoms with van der Waals surface area (Å²) in [5.74, 6) is 0.625. The molecule has 1 aliphatic rings. The number of imide groups is 1. The normalized spacial score (nSPS) is 19.3. The van der Waals surface area contributed by atoms with Crippen molar-refractivity contribution in [3.8, 4) is 5.75 Å². The lowest BCUT2D eigenvalue weighted by atomic mass is 9.91. The van der Waals surface area contributed by atoms with E-state index in [2.05, 4.69) is 5.32 Å². The third kappa shape index (κ3) is 3.82. The third-order valence-corrected chi connectivity index (χ3v) is 5.03. The van der Waals surface area contributed by atoms with Gasteiger partial charge in [0.25, 0.3) is 5.91 Å². The van der Waals surface area contributed by atoms with Gasteiger partial charge in [-0.25, -0.2) is 4.79 Å². The van der Waals surface area contributed by atoms with Crippen LogP contribution in [0, 0.1) is 20.8 Å². The molecule has 3 amide bonds. The van der Waals surface area contributed by atoms with E-state index in [-0.39, 0.29) is 11.9 Å². The van der Waals surface area contributed by atoms with Crippen molar-refractivity contribution >= 4 is 11.9 Å². The first-order valence-corrected chi connectivity index (χ1v) is 9.22. The van der Waals surface area contributed by atoms with Crippen LogP contribution in [0.3, 0.4) is 0 Å². The Morgan fingerprint density at radius 3 is 2.37 bits per heavy atom. The van der Waals surface area contributed by atoms with Crippen LogP contribution in [0.15, 0.2) is 42.5 Å². The first kappa shape index (κ1) is 19.0. The highest BCUT2D eigenvalue weighted by Gasteiger charge is 2.48. The summed E-state index contributed by atoms with van der Waals surface area (Å²) >= 11 is 0. The van der Waals surface area contributed by atoms with E-state index in [1.807, 2.05) is 63.2 Å². The van der Waals surface area contributed by atoms with Gasteiger partial charge < -0.3 is 10.1 Å². The minimum Gasteiger partial charge on any atom is -0.493 e. The second kappa shape index (κ2) is 7.43. The maximum Gasteiger partial charge on any atom is 0.325 e. The van der Waals surface area contributed by atoms with Crippen molar-refractivity contribution in [2.75, 3.05) is 13.2 Å². The maximum absolute atomic E-state index is 12.9. The van der Waals surface area contributed by atoms with Crippen molar-refractivity contribution in [3.05, 3.63) is 64.7 Å². The molecule has 1 saturated heterocycles. The Kier molecular flexibility index (Phi) is 5.22. The molecule has 0 saturated carbocycles. The lowest BCUT2D eigenvalue weighted by Gasteiger charge is -2.22. The van der Waals surface area contributed by atoms with Gasteiger partial charge in [0, 0.05) is 6.54 Å². The number of hydrogen-bond acceptors (Lipinski definition) is 3. The predicted octanol–water partition coefficient (Wildman–Crippen LogP) is 3.85. The van der Waals surface area contributed by atoms with Crippen LogP contribution in [0.2, 0.25) is 0 Å². The molecule has 5 nitrogen and oxygen atoms in total. The van der Waals surface area contributed by atoms with Gasteiger partial charge in [0.1, 0.15) is 11.3 Å². The average Bonchev–Trinajstić information content (AvgIpc) is 2.85. The van der Waals surface area contributed by atoms with Crippen LogP contribution in [0.4, 0.5) is 4.79 Å². The summed E-state index contributed by atoms with van der Waals surface area (Å²) in [6, 6.07) is 13.4. The molecular weight excluding hydrogens is 340 g/mol. The van der Waals surface area contributed by atoms with Crippen molar-refractivity contribution in [1.29, 1.82) is 0 Å². The highest BCUT2D eigenvalue weighted by atomic mass is 16.5. The summed E-state index contributed by atoms with van der Waals surface area (Å²) in [7, 11) is 0. The Balaban J connectivity index is 1.61. The van der Waals surface area contributed by atoms with E-state index in [0.717, 1.165) is 28.0 Å². The fourth-order valence-electron chi connectivity index (χ4n) is 3.25. The van der Waals surface area contributed by atoms with Crippen LogP contribution in [0.5, 0.6) is 5.75 Å². The van der Waals surface area contributed by atoms with Gasteiger partial charge in [0.05, 0.1) is 6.61 Å². The molecule has 0 aromatic heterocycles. The van der Waals surface area contributed by atoms with Gasteiger partial charge in [-0.15, -0.1) is 0 Å². The summed E-state index contributed by atoms with van der Waals surface area (Å²) < 4.78 is 5.83. The number of nitrogens with zero attached hydrogens (tertiary/aromatic N) is 1. The van der Waals surface area contributed by atoms with Crippen molar-refractivity contribution in [1.82, 2.24) is 10.2 Å². The van der Waals surface area contributed by atoms with E-state index >= 15 is 0 Å². The SMILES string of the molecule is Cc1ccc([C@]2(C)NC(=O)N(CCCOc3cc(C)ccc3C)C2=O)cc1. The lowest BCUT2D eigenvalue weighted by molar-refractivity contribution is -0.131. The zero-order valence-electron chi connectivity index (χ0n) is 16.3. The van der Waals surface area contributed by atoms with Crippen molar-refractivity contribution in [3.63, 3.8) is 0 Å². The van der Waals surface area contributed by atoms with Gasteiger partial charge in [-0.05, 0) is 56.9 Å². The molecule has 2 aromatic rings. The number of carbonyl (C=O) groups excluding carboxylic acids is 2. The van der Waals surface area contributed by atoms with E-state index in [9.17, 15) is 9.59 Å². The number of ether oxygens (including phenoxy) is 1. The molecule has 1 atom stereocenters. The molecule has 0 unspecified atom stereocenters. The van der Waals surface area contributed by atoms with Crippen molar-refractivity contribution in [2.45, 2.75) is 39.7 Å². The van der Waals surface area contributed by atoms with Gasteiger partial charge in [0.15, 0.2) is 0 Å². The topological polar surface area (TPSA) is 58.6 Å². The Morgan fingerprint density at radius 1 is 1.00 bits per heavy atom. The van der Waals surface area contributed by atoms with E-state index in [1.165, 1.54) is 4.90 Å². The number of rotatable bonds is 6. The highest BCUT2D eigenvalue weighted by molar-refractivity contribution is 6.07. The lowest BCUT2D eigenvalue weighted by Crippen LogP contribution is -2.41.